The van der Waals surface area contributed by atoms with Gasteiger partial charge in [-0.15, -0.1) is 5.48 Å². The number of piperazine rings is 1. The van der Waals surface area contributed by atoms with E-state index < -0.39 is 6.04 Å². The molecule has 0 saturated carbocycles. The second kappa shape index (κ2) is 9.28. The topological polar surface area (TPSA) is 97.3 Å². The summed E-state index contributed by atoms with van der Waals surface area (Å²) in [5.41, 5.74) is 5.50. The summed E-state index contributed by atoms with van der Waals surface area (Å²) < 4.78 is 0. The fourth-order valence-electron chi connectivity index (χ4n) is 3.99. The van der Waals surface area contributed by atoms with E-state index in [0.717, 1.165) is 43.5 Å². The first kappa shape index (κ1) is 22.3. The summed E-state index contributed by atoms with van der Waals surface area (Å²) in [5, 5.41) is 23.2. The van der Waals surface area contributed by atoms with Crippen LogP contribution < -0.4 is 15.7 Å². The molecule has 2 aromatic rings. The molecule has 2 aliphatic rings. The number of carbonyl (C=O) groups excluding carboxylic acids is 1. The maximum absolute atomic E-state index is 12.8. The lowest BCUT2D eigenvalue weighted by atomic mass is 9.94. The molecule has 2 aromatic carbocycles. The normalized spacial score (nSPS) is 19.2. The van der Waals surface area contributed by atoms with Crippen molar-refractivity contribution >= 4 is 34.5 Å². The third-order valence-corrected chi connectivity index (χ3v) is 6.06. The molecule has 1 amide bonds. The van der Waals surface area contributed by atoms with Crippen LogP contribution in [0.2, 0.25) is 5.02 Å². The van der Waals surface area contributed by atoms with Gasteiger partial charge < -0.3 is 30.2 Å². The summed E-state index contributed by atoms with van der Waals surface area (Å²) in [5.74, 6) is -0.394. The molecule has 0 spiro atoms. The Labute approximate surface area is 192 Å². The molecule has 8 nitrogen and oxygen atoms in total. The standard InChI is InChI=1S/C23H27ClN4O4/c1-3-25-23(31)21-20(22(32-26-21)16-12-17(24)19(30)13-18(16)29)14-5-4-6-15(11-14)28-9-7-27(2)8-10-28/h4-6,11-13,21,26,29-30H,3,7-10H2,1-2H3,(H,25,31). The van der Waals surface area contributed by atoms with Crippen molar-refractivity contribution in [2.45, 2.75) is 13.0 Å². The van der Waals surface area contributed by atoms with Crippen LogP contribution >= 0.6 is 11.6 Å². The fourth-order valence-corrected chi connectivity index (χ4v) is 4.15. The van der Waals surface area contributed by atoms with Gasteiger partial charge in [0, 0.05) is 50.1 Å². The lowest BCUT2D eigenvalue weighted by Gasteiger charge is -2.34. The van der Waals surface area contributed by atoms with Crippen LogP contribution in [-0.2, 0) is 9.63 Å². The summed E-state index contributed by atoms with van der Waals surface area (Å²) in [6.45, 7) is 6.09. The van der Waals surface area contributed by atoms with Crippen molar-refractivity contribution in [3.05, 3.63) is 52.5 Å². The summed E-state index contributed by atoms with van der Waals surface area (Å²) in [6, 6.07) is 9.75. The van der Waals surface area contributed by atoms with Gasteiger partial charge in [0.1, 0.15) is 11.5 Å². The van der Waals surface area contributed by atoms with E-state index in [9.17, 15) is 15.0 Å². The summed E-state index contributed by atoms with van der Waals surface area (Å²) in [6.07, 6.45) is 0. The number of phenolic OH excluding ortho intramolecular Hbond substituents is 2. The van der Waals surface area contributed by atoms with Crippen LogP contribution in [0.3, 0.4) is 0 Å². The molecule has 4 N–H and O–H groups in total. The van der Waals surface area contributed by atoms with Gasteiger partial charge in [-0.3, -0.25) is 4.79 Å². The quantitative estimate of drug-likeness (QED) is 0.546. The molecule has 2 aliphatic heterocycles. The monoisotopic (exact) mass is 458 g/mol. The Kier molecular flexibility index (Phi) is 6.45. The SMILES string of the molecule is CCNC(=O)C1NOC(c2cc(Cl)c(O)cc2O)=C1c1cccc(N2CCN(C)CC2)c1. The Bertz CT molecular complexity index is 1050. The lowest BCUT2D eigenvalue weighted by molar-refractivity contribution is -0.123. The molecule has 1 fully saturated rings. The second-order valence-electron chi connectivity index (χ2n) is 7.95. The van der Waals surface area contributed by atoms with Crippen LogP contribution in [0.1, 0.15) is 18.1 Å². The van der Waals surface area contributed by atoms with Gasteiger partial charge in [-0.1, -0.05) is 23.7 Å². The summed E-state index contributed by atoms with van der Waals surface area (Å²) in [4.78, 5) is 23.1. The average molecular weight is 459 g/mol. The van der Waals surface area contributed by atoms with E-state index in [2.05, 4.69) is 27.6 Å². The number of rotatable bonds is 5. The lowest BCUT2D eigenvalue weighted by Crippen LogP contribution is -2.44. The van der Waals surface area contributed by atoms with Crippen LogP contribution in [0.5, 0.6) is 11.5 Å². The van der Waals surface area contributed by atoms with Crippen molar-refractivity contribution in [3.63, 3.8) is 0 Å². The van der Waals surface area contributed by atoms with Crippen LogP contribution in [0.15, 0.2) is 36.4 Å². The molecule has 170 valence electrons. The molecule has 1 unspecified atom stereocenters. The number of likely N-dealkylation sites (N-methyl/N-ethyl adjacent to an activating group) is 2. The molecule has 2 heterocycles. The Morgan fingerprint density at radius 1 is 1.19 bits per heavy atom. The Morgan fingerprint density at radius 3 is 2.66 bits per heavy atom. The van der Waals surface area contributed by atoms with Crippen LogP contribution in [0.25, 0.3) is 11.3 Å². The van der Waals surface area contributed by atoms with E-state index in [-0.39, 0.29) is 33.8 Å². The zero-order valence-electron chi connectivity index (χ0n) is 18.1. The number of nitrogens with zero attached hydrogens (tertiary/aromatic N) is 2. The fraction of sp³-hybridized carbons (Fsp3) is 0.348. The zero-order chi connectivity index (χ0) is 22.8. The van der Waals surface area contributed by atoms with E-state index in [1.165, 1.54) is 6.07 Å². The number of halogens is 1. The highest BCUT2D eigenvalue weighted by molar-refractivity contribution is 6.32. The molecule has 4 rings (SSSR count). The highest BCUT2D eigenvalue weighted by atomic mass is 35.5. The van der Waals surface area contributed by atoms with Crippen molar-refractivity contribution in [3.8, 4) is 11.5 Å². The van der Waals surface area contributed by atoms with Gasteiger partial charge in [0.15, 0.2) is 11.8 Å². The number of amides is 1. The summed E-state index contributed by atoms with van der Waals surface area (Å²) >= 11 is 6.10. The minimum Gasteiger partial charge on any atom is -0.507 e. The van der Waals surface area contributed by atoms with Crippen LogP contribution in [0.4, 0.5) is 5.69 Å². The minimum atomic E-state index is -0.778. The first-order valence-corrected chi connectivity index (χ1v) is 11.0. The smallest absolute Gasteiger partial charge is 0.245 e. The first-order chi connectivity index (χ1) is 15.4. The van der Waals surface area contributed by atoms with Gasteiger partial charge in [-0.05, 0) is 37.7 Å². The largest absolute Gasteiger partial charge is 0.507 e. The first-order valence-electron chi connectivity index (χ1n) is 10.6. The highest BCUT2D eigenvalue weighted by Gasteiger charge is 2.36. The number of benzene rings is 2. The number of hydrogen-bond acceptors (Lipinski definition) is 7. The number of nitrogens with one attached hydrogen (secondary N) is 2. The zero-order valence-corrected chi connectivity index (χ0v) is 18.8. The molecule has 1 atom stereocenters. The molecule has 0 bridgehead atoms. The minimum absolute atomic E-state index is 0.0703. The van der Waals surface area contributed by atoms with Gasteiger partial charge in [-0.25, -0.2) is 0 Å². The van der Waals surface area contributed by atoms with Gasteiger partial charge in [-0.2, -0.15) is 0 Å². The van der Waals surface area contributed by atoms with E-state index in [4.69, 9.17) is 16.4 Å². The predicted octanol–water partition coefficient (Wildman–Crippen LogP) is 2.41. The van der Waals surface area contributed by atoms with E-state index >= 15 is 0 Å². The number of phenols is 2. The van der Waals surface area contributed by atoms with Crippen molar-refractivity contribution in [2.24, 2.45) is 0 Å². The number of carbonyl (C=O) groups is 1. The molecule has 32 heavy (non-hydrogen) atoms. The second-order valence-corrected chi connectivity index (χ2v) is 8.36. The predicted molar refractivity (Wildman–Crippen MR) is 124 cm³/mol. The van der Waals surface area contributed by atoms with E-state index in [0.29, 0.717) is 12.1 Å². The van der Waals surface area contributed by atoms with Gasteiger partial charge in [0.2, 0.25) is 5.91 Å². The average Bonchev–Trinajstić information content (AvgIpc) is 3.22. The van der Waals surface area contributed by atoms with Crippen LogP contribution in [-0.4, -0.2) is 66.8 Å². The molecular weight excluding hydrogens is 432 g/mol. The maximum atomic E-state index is 12.8. The van der Waals surface area contributed by atoms with Gasteiger partial charge >= 0.3 is 0 Å². The molecule has 0 aromatic heterocycles. The molecule has 0 radical (unpaired) electrons. The molecule has 1 saturated heterocycles. The van der Waals surface area contributed by atoms with Crippen molar-refractivity contribution in [1.29, 1.82) is 0 Å². The van der Waals surface area contributed by atoms with E-state index in [1.54, 1.807) is 0 Å². The Balaban J connectivity index is 1.80. The molecule has 9 heteroatoms. The number of hydroxylamine groups is 1. The van der Waals surface area contributed by atoms with Crippen molar-refractivity contribution in [2.75, 3.05) is 44.7 Å². The number of anilines is 1. The Hall–Kier alpha value is -2.94. The maximum Gasteiger partial charge on any atom is 0.245 e. The Morgan fingerprint density at radius 2 is 1.94 bits per heavy atom. The third kappa shape index (κ3) is 4.34. The summed E-state index contributed by atoms with van der Waals surface area (Å²) in [7, 11) is 2.11. The van der Waals surface area contributed by atoms with Crippen LogP contribution in [0, 0.1) is 0 Å². The van der Waals surface area contributed by atoms with E-state index in [1.807, 2.05) is 31.2 Å². The van der Waals surface area contributed by atoms with Crippen molar-refractivity contribution < 1.29 is 19.8 Å². The molecule has 0 aliphatic carbocycles. The number of hydrogen-bond donors (Lipinski definition) is 4. The highest BCUT2D eigenvalue weighted by Crippen LogP contribution is 2.41. The molecular formula is C23H27ClN4O4. The van der Waals surface area contributed by atoms with Crippen molar-refractivity contribution in [1.82, 2.24) is 15.7 Å². The third-order valence-electron chi connectivity index (χ3n) is 5.76. The number of aromatic hydroxyl groups is 2. The van der Waals surface area contributed by atoms with Gasteiger partial charge in [0.05, 0.1) is 10.6 Å². The van der Waals surface area contributed by atoms with Gasteiger partial charge in [0.25, 0.3) is 0 Å².